The summed E-state index contributed by atoms with van der Waals surface area (Å²) in [4.78, 5) is 13.1. The zero-order chi connectivity index (χ0) is 20.7. The number of amides is 1. The average molecular weight is 414 g/mol. The van der Waals surface area contributed by atoms with Crippen LogP contribution < -0.4 is 9.62 Å². The monoisotopic (exact) mass is 414 g/mol. The summed E-state index contributed by atoms with van der Waals surface area (Å²) in [6, 6.07) is 27.8. The van der Waals surface area contributed by atoms with Gasteiger partial charge in [-0.2, -0.15) is 0 Å². The van der Waals surface area contributed by atoms with Crippen LogP contribution in [0, 0.1) is 0 Å². The number of hydrogen-bond donors (Lipinski definition) is 1. The number of hydrogen-bond acceptors (Lipinski definition) is 3. The summed E-state index contributed by atoms with van der Waals surface area (Å²) in [6.45, 7) is -0.292. The fraction of sp³-hybridized carbons (Fsp3) is 0.0417. The highest BCUT2D eigenvalue weighted by atomic mass is 32.2. The third-order valence-electron chi connectivity index (χ3n) is 5.25. The van der Waals surface area contributed by atoms with Gasteiger partial charge in [0.2, 0.25) is 5.91 Å². The summed E-state index contributed by atoms with van der Waals surface area (Å²) in [6.07, 6.45) is 0. The van der Waals surface area contributed by atoms with E-state index in [1.165, 1.54) is 4.31 Å². The van der Waals surface area contributed by atoms with Gasteiger partial charge in [0.1, 0.15) is 6.54 Å². The van der Waals surface area contributed by atoms with Gasteiger partial charge >= 0.3 is 0 Å². The number of nitrogens with one attached hydrogen (secondary N) is 1. The molecule has 1 aliphatic heterocycles. The summed E-state index contributed by atoms with van der Waals surface area (Å²) in [7, 11) is -3.78. The minimum atomic E-state index is -3.78. The van der Waals surface area contributed by atoms with E-state index in [4.69, 9.17) is 0 Å². The molecule has 6 heteroatoms. The normalized spacial score (nSPS) is 14.1. The molecule has 0 atom stereocenters. The van der Waals surface area contributed by atoms with Gasteiger partial charge in [0.25, 0.3) is 10.0 Å². The molecule has 0 radical (unpaired) electrons. The maximum absolute atomic E-state index is 13.1. The summed E-state index contributed by atoms with van der Waals surface area (Å²) >= 11 is 0. The van der Waals surface area contributed by atoms with E-state index in [1.54, 1.807) is 24.3 Å². The van der Waals surface area contributed by atoms with Crippen molar-refractivity contribution < 1.29 is 13.2 Å². The van der Waals surface area contributed by atoms with E-state index in [-0.39, 0.29) is 11.4 Å². The van der Waals surface area contributed by atoms with Gasteiger partial charge in [0.05, 0.1) is 10.6 Å². The van der Waals surface area contributed by atoms with Gasteiger partial charge in [-0.25, -0.2) is 8.42 Å². The lowest BCUT2D eigenvalue weighted by molar-refractivity contribution is -0.114. The number of carbonyl (C=O) groups is 1. The molecule has 0 aromatic heterocycles. The molecule has 4 aromatic carbocycles. The van der Waals surface area contributed by atoms with E-state index in [1.807, 2.05) is 66.7 Å². The van der Waals surface area contributed by atoms with Crippen LogP contribution in [0.5, 0.6) is 0 Å². The van der Waals surface area contributed by atoms with Gasteiger partial charge < -0.3 is 5.32 Å². The summed E-state index contributed by atoms with van der Waals surface area (Å²) in [5.74, 6) is -0.397. The van der Waals surface area contributed by atoms with E-state index in [9.17, 15) is 13.2 Å². The molecule has 0 aliphatic carbocycles. The maximum Gasteiger partial charge on any atom is 0.265 e. The van der Waals surface area contributed by atoms with Gasteiger partial charge in [0.15, 0.2) is 0 Å². The molecule has 0 saturated heterocycles. The van der Waals surface area contributed by atoms with Crippen LogP contribution in [0.2, 0.25) is 0 Å². The van der Waals surface area contributed by atoms with Crippen molar-refractivity contribution in [2.75, 3.05) is 16.2 Å². The van der Waals surface area contributed by atoms with Crippen molar-refractivity contribution in [3.8, 4) is 11.1 Å². The van der Waals surface area contributed by atoms with Gasteiger partial charge in [-0.05, 0) is 29.1 Å². The number of para-hydroxylation sites is 1. The molecule has 0 saturated carbocycles. The standard InChI is InChI=1S/C24H18N2O3S/c27-23(25-20-13-5-4-12-19(20)17-8-2-1-3-9-17)16-26-21-14-6-10-18-11-7-15-22(24(18)21)30(26,28)29/h1-15H,16H2,(H,25,27). The van der Waals surface area contributed by atoms with E-state index in [0.29, 0.717) is 16.8 Å². The Morgan fingerprint density at radius 3 is 2.30 bits per heavy atom. The molecule has 1 aliphatic rings. The fourth-order valence-corrected chi connectivity index (χ4v) is 5.58. The SMILES string of the molecule is O=C(CN1c2cccc3cccc(c23)S1(=O)=O)Nc1ccccc1-c1ccccc1. The first kappa shape index (κ1) is 18.4. The molecule has 5 nitrogen and oxygen atoms in total. The molecular formula is C24H18N2O3S. The summed E-state index contributed by atoms with van der Waals surface area (Å²) in [5.41, 5.74) is 3.02. The molecule has 5 rings (SSSR count). The lowest BCUT2D eigenvalue weighted by Crippen LogP contribution is -2.35. The highest BCUT2D eigenvalue weighted by Gasteiger charge is 2.36. The third-order valence-corrected chi connectivity index (χ3v) is 7.06. The Morgan fingerprint density at radius 2 is 1.50 bits per heavy atom. The van der Waals surface area contributed by atoms with Gasteiger partial charge in [-0.3, -0.25) is 9.10 Å². The summed E-state index contributed by atoms with van der Waals surface area (Å²) < 4.78 is 27.4. The molecule has 30 heavy (non-hydrogen) atoms. The number of nitrogens with zero attached hydrogens (tertiary/aromatic N) is 1. The first-order chi connectivity index (χ1) is 14.6. The highest BCUT2D eigenvalue weighted by molar-refractivity contribution is 7.93. The fourth-order valence-electron chi connectivity index (χ4n) is 3.91. The van der Waals surface area contributed by atoms with Crippen LogP contribution in [0.15, 0.2) is 95.9 Å². The predicted octanol–water partition coefficient (Wildman–Crippen LogP) is 4.65. The Morgan fingerprint density at radius 1 is 0.800 bits per heavy atom. The maximum atomic E-state index is 13.1. The largest absolute Gasteiger partial charge is 0.324 e. The lowest BCUT2D eigenvalue weighted by atomic mass is 10.0. The number of carbonyl (C=O) groups excluding carboxylic acids is 1. The van der Waals surface area contributed by atoms with Crippen LogP contribution in [-0.2, 0) is 14.8 Å². The van der Waals surface area contributed by atoms with Crippen molar-refractivity contribution in [1.29, 1.82) is 0 Å². The van der Waals surface area contributed by atoms with Crippen molar-refractivity contribution >= 4 is 38.1 Å². The van der Waals surface area contributed by atoms with Gasteiger partial charge in [-0.1, -0.05) is 72.8 Å². The molecule has 0 bridgehead atoms. The molecule has 148 valence electrons. The minimum Gasteiger partial charge on any atom is -0.324 e. The van der Waals surface area contributed by atoms with Crippen LogP contribution >= 0.6 is 0 Å². The second-order valence-corrected chi connectivity index (χ2v) is 8.93. The molecule has 4 aromatic rings. The van der Waals surface area contributed by atoms with Crippen molar-refractivity contribution in [2.45, 2.75) is 4.90 Å². The van der Waals surface area contributed by atoms with Crippen LogP contribution in [-0.4, -0.2) is 20.9 Å². The zero-order valence-corrected chi connectivity index (χ0v) is 16.8. The van der Waals surface area contributed by atoms with Crippen LogP contribution in [0.25, 0.3) is 21.9 Å². The van der Waals surface area contributed by atoms with Crippen LogP contribution in [0.1, 0.15) is 0 Å². The second kappa shape index (κ2) is 7.00. The van der Waals surface area contributed by atoms with Gasteiger partial charge in [0, 0.05) is 16.6 Å². The Balaban J connectivity index is 1.46. The smallest absolute Gasteiger partial charge is 0.265 e. The average Bonchev–Trinajstić information content (AvgIpc) is 2.98. The van der Waals surface area contributed by atoms with E-state index >= 15 is 0 Å². The molecule has 1 amide bonds. The number of benzene rings is 4. The second-order valence-electron chi connectivity index (χ2n) is 7.10. The molecule has 0 fully saturated rings. The summed E-state index contributed by atoms with van der Waals surface area (Å²) in [5, 5.41) is 4.39. The van der Waals surface area contributed by atoms with Crippen LogP contribution in [0.4, 0.5) is 11.4 Å². The zero-order valence-electron chi connectivity index (χ0n) is 15.9. The highest BCUT2D eigenvalue weighted by Crippen LogP contribution is 2.41. The van der Waals surface area contributed by atoms with E-state index in [0.717, 1.165) is 16.5 Å². The Hall–Kier alpha value is -3.64. The Bertz CT molecular complexity index is 1380. The van der Waals surface area contributed by atoms with E-state index in [2.05, 4.69) is 5.32 Å². The van der Waals surface area contributed by atoms with Gasteiger partial charge in [-0.15, -0.1) is 0 Å². The Kier molecular flexibility index (Phi) is 4.29. The number of anilines is 2. The lowest BCUT2D eigenvalue weighted by Gasteiger charge is -2.19. The number of rotatable bonds is 4. The van der Waals surface area contributed by atoms with E-state index < -0.39 is 15.9 Å². The van der Waals surface area contributed by atoms with Crippen molar-refractivity contribution in [1.82, 2.24) is 0 Å². The quantitative estimate of drug-likeness (QED) is 0.528. The Labute approximate surface area is 174 Å². The van der Waals surface area contributed by atoms with Crippen molar-refractivity contribution in [3.05, 3.63) is 91.0 Å². The minimum absolute atomic E-state index is 0.244. The van der Waals surface area contributed by atoms with Crippen LogP contribution in [0.3, 0.4) is 0 Å². The van der Waals surface area contributed by atoms with Crippen molar-refractivity contribution in [3.63, 3.8) is 0 Å². The first-order valence-electron chi connectivity index (χ1n) is 9.54. The molecular weight excluding hydrogens is 396 g/mol. The molecule has 0 spiro atoms. The molecule has 0 unspecified atom stereocenters. The molecule has 1 N–H and O–H groups in total. The molecule has 1 heterocycles. The topological polar surface area (TPSA) is 66.5 Å². The predicted molar refractivity (Wildman–Crippen MR) is 119 cm³/mol. The van der Waals surface area contributed by atoms with Crippen molar-refractivity contribution in [2.24, 2.45) is 0 Å². The third kappa shape index (κ3) is 2.93. The number of sulfonamides is 1. The first-order valence-corrected chi connectivity index (χ1v) is 11.0.